The number of nitrogens with zero attached hydrogens (tertiary/aromatic N) is 6. The van der Waals surface area contributed by atoms with E-state index in [2.05, 4.69) is 51.0 Å². The fraction of sp³-hybridized carbons (Fsp3) is 0.643. The van der Waals surface area contributed by atoms with Crippen molar-refractivity contribution in [2.24, 2.45) is 0 Å². The first-order valence-electron chi connectivity index (χ1n) is 15.1. The van der Waals surface area contributed by atoms with Crippen LogP contribution in [0.2, 0.25) is 0 Å². The first kappa shape index (κ1) is 32.3. The zero-order chi connectivity index (χ0) is 31.4. The van der Waals surface area contributed by atoms with E-state index in [9.17, 15) is 18.6 Å². The van der Waals surface area contributed by atoms with Gasteiger partial charge in [0.1, 0.15) is 11.6 Å². The second kappa shape index (κ2) is 13.9. The van der Waals surface area contributed by atoms with Gasteiger partial charge < -0.3 is 20.8 Å². The molecule has 0 amide bonds. The van der Waals surface area contributed by atoms with Gasteiger partial charge in [-0.1, -0.05) is 37.4 Å². The van der Waals surface area contributed by atoms with Gasteiger partial charge in [-0.05, 0) is 45.8 Å². The molecule has 14 nitrogen and oxygen atoms in total. The molecule has 2 aliphatic rings. The summed E-state index contributed by atoms with van der Waals surface area (Å²) < 4.78 is 23.6. The SMILES string of the molecule is CSc1nc(NC[C@H](C)O)c2c(C3CCCC3)[nH]nc2n1.C[C@H](O)CNc1nc(S(C)(=O)=O)nc2n[nH]c(C3CCCC3)c12. The van der Waals surface area contributed by atoms with Crippen LogP contribution >= 0.6 is 11.8 Å². The summed E-state index contributed by atoms with van der Waals surface area (Å²) in [6, 6.07) is 0. The summed E-state index contributed by atoms with van der Waals surface area (Å²) in [6.45, 7) is 4.14. The van der Waals surface area contributed by atoms with Gasteiger partial charge in [-0.3, -0.25) is 10.2 Å². The molecule has 6 rings (SSSR count). The summed E-state index contributed by atoms with van der Waals surface area (Å²) in [6.07, 6.45) is 11.4. The summed E-state index contributed by atoms with van der Waals surface area (Å²) in [5.41, 5.74) is 3.15. The van der Waals surface area contributed by atoms with E-state index >= 15 is 0 Å². The van der Waals surface area contributed by atoms with Crippen molar-refractivity contribution in [1.29, 1.82) is 0 Å². The molecule has 2 atom stereocenters. The van der Waals surface area contributed by atoms with Crippen molar-refractivity contribution < 1.29 is 18.6 Å². The molecule has 0 saturated heterocycles. The lowest BCUT2D eigenvalue weighted by atomic mass is 10.0. The van der Waals surface area contributed by atoms with Crippen molar-refractivity contribution in [2.45, 2.75) is 99.6 Å². The molecule has 0 aromatic carbocycles. The molecule has 4 aromatic rings. The Labute approximate surface area is 261 Å². The fourth-order valence-electron chi connectivity index (χ4n) is 5.88. The number of aliphatic hydroxyl groups is 2. The van der Waals surface area contributed by atoms with E-state index in [1.165, 1.54) is 50.3 Å². The molecule has 0 unspecified atom stereocenters. The number of fused-ring (bicyclic) bond motifs is 2. The molecule has 0 spiro atoms. The van der Waals surface area contributed by atoms with E-state index in [0.29, 0.717) is 40.6 Å². The molecule has 16 heteroatoms. The van der Waals surface area contributed by atoms with E-state index in [0.717, 1.165) is 47.1 Å². The average Bonchev–Trinajstić information content (AvgIpc) is 3.80. The van der Waals surface area contributed by atoms with Crippen LogP contribution in [-0.4, -0.2) is 96.8 Å². The highest BCUT2D eigenvalue weighted by Crippen LogP contribution is 2.39. The van der Waals surface area contributed by atoms with Crippen LogP contribution in [-0.2, 0) is 9.84 Å². The topological polar surface area (TPSA) is 208 Å². The number of hydrogen-bond acceptors (Lipinski definition) is 13. The number of aromatic amines is 2. The largest absolute Gasteiger partial charge is 0.392 e. The lowest BCUT2D eigenvalue weighted by Gasteiger charge is -2.12. The highest BCUT2D eigenvalue weighted by atomic mass is 32.2. The molecule has 6 N–H and O–H groups in total. The normalized spacial score (nSPS) is 17.6. The highest BCUT2D eigenvalue weighted by molar-refractivity contribution is 7.98. The van der Waals surface area contributed by atoms with Gasteiger partial charge in [0.25, 0.3) is 5.16 Å². The number of sulfone groups is 1. The van der Waals surface area contributed by atoms with Crippen molar-refractivity contribution in [2.75, 3.05) is 36.2 Å². The quantitative estimate of drug-likeness (QED) is 0.107. The molecule has 4 heterocycles. The van der Waals surface area contributed by atoms with Crippen molar-refractivity contribution in [3.05, 3.63) is 11.4 Å². The van der Waals surface area contributed by atoms with E-state index < -0.39 is 22.0 Å². The maximum Gasteiger partial charge on any atom is 0.250 e. The van der Waals surface area contributed by atoms with Crippen LogP contribution in [0.5, 0.6) is 0 Å². The second-order valence-electron chi connectivity index (χ2n) is 11.8. The van der Waals surface area contributed by atoms with Crippen LogP contribution < -0.4 is 10.6 Å². The summed E-state index contributed by atoms with van der Waals surface area (Å²) in [5.74, 6) is 2.07. The maximum absolute atomic E-state index is 11.8. The Hall–Kier alpha value is -3.08. The number of thioether (sulfide) groups is 1. The molecule has 0 radical (unpaired) electrons. The Morgan fingerprint density at radius 3 is 1.68 bits per heavy atom. The smallest absolute Gasteiger partial charge is 0.250 e. The first-order chi connectivity index (χ1) is 21.0. The molecule has 44 heavy (non-hydrogen) atoms. The zero-order valence-electron chi connectivity index (χ0n) is 25.6. The standard InChI is InChI=1S/C14H21N5O3S.C14H21N5OS/c1-8(20)7-15-12-10-11(9-5-3-4-6-9)18-19-13(10)17-14(16-12)23(2,21)22;1-8(20)7-15-12-10-11(9-5-3-4-6-9)18-19-13(10)17-14(16-12)21-2/h8-9,20H,3-7H2,1-2H3,(H2,15,16,17,18,19);8-9,20H,3-7H2,1-2H3,(H2,15,16,17,18,19)/t2*8-/m00/s1. The van der Waals surface area contributed by atoms with E-state index in [1.807, 2.05) is 6.26 Å². The van der Waals surface area contributed by atoms with Crippen LogP contribution in [0.3, 0.4) is 0 Å². The number of anilines is 2. The lowest BCUT2D eigenvalue weighted by molar-refractivity contribution is 0.207. The molecule has 2 fully saturated rings. The first-order valence-corrected chi connectivity index (χ1v) is 18.3. The lowest BCUT2D eigenvalue weighted by Crippen LogP contribution is -2.17. The van der Waals surface area contributed by atoms with Crippen molar-refractivity contribution >= 4 is 55.3 Å². The third-order valence-electron chi connectivity index (χ3n) is 8.01. The van der Waals surface area contributed by atoms with E-state index in [1.54, 1.807) is 13.8 Å². The molecule has 2 saturated carbocycles. The zero-order valence-corrected chi connectivity index (χ0v) is 27.2. The summed E-state index contributed by atoms with van der Waals surface area (Å²) in [4.78, 5) is 17.3. The van der Waals surface area contributed by atoms with Crippen LogP contribution in [0.15, 0.2) is 10.3 Å². The minimum absolute atomic E-state index is 0.262. The van der Waals surface area contributed by atoms with Crippen molar-refractivity contribution in [3.63, 3.8) is 0 Å². The van der Waals surface area contributed by atoms with Crippen molar-refractivity contribution in [3.8, 4) is 0 Å². The van der Waals surface area contributed by atoms with E-state index in [4.69, 9.17) is 0 Å². The highest BCUT2D eigenvalue weighted by Gasteiger charge is 2.27. The molecule has 2 aliphatic carbocycles. The number of nitrogens with one attached hydrogen (secondary N) is 4. The molecule has 240 valence electrons. The Kier molecular flexibility index (Phi) is 10.2. The third-order valence-corrected chi connectivity index (χ3v) is 9.41. The molecule has 0 aliphatic heterocycles. The van der Waals surface area contributed by atoms with Gasteiger partial charge in [-0.15, -0.1) is 0 Å². The predicted molar refractivity (Wildman–Crippen MR) is 171 cm³/mol. The van der Waals surface area contributed by atoms with Gasteiger partial charge in [0.2, 0.25) is 9.84 Å². The summed E-state index contributed by atoms with van der Waals surface area (Å²) in [7, 11) is -3.54. The van der Waals surface area contributed by atoms with Crippen LogP contribution in [0.25, 0.3) is 22.1 Å². The Balaban J connectivity index is 0.000000175. The molecule has 0 bridgehead atoms. The van der Waals surface area contributed by atoms with Crippen LogP contribution in [0.1, 0.15) is 88.4 Å². The Bertz CT molecular complexity index is 1680. The maximum atomic E-state index is 11.8. The number of H-pyrrole nitrogens is 2. The molecule has 4 aromatic heterocycles. The predicted octanol–water partition coefficient (Wildman–Crippen LogP) is 3.73. The van der Waals surface area contributed by atoms with Crippen LogP contribution in [0, 0.1) is 0 Å². The van der Waals surface area contributed by atoms with Crippen molar-refractivity contribution in [1.82, 2.24) is 40.3 Å². The number of rotatable bonds is 10. The van der Waals surface area contributed by atoms with Gasteiger partial charge in [0.15, 0.2) is 16.5 Å². The Morgan fingerprint density at radius 2 is 1.25 bits per heavy atom. The molecular formula is C28H42N10O4S2. The second-order valence-corrected chi connectivity index (χ2v) is 14.5. The van der Waals surface area contributed by atoms with Gasteiger partial charge in [-0.25, -0.2) is 23.4 Å². The number of aliphatic hydroxyl groups excluding tert-OH is 2. The monoisotopic (exact) mass is 646 g/mol. The average molecular weight is 647 g/mol. The number of aromatic nitrogens is 8. The molecular weight excluding hydrogens is 605 g/mol. The fourth-order valence-corrected chi connectivity index (χ4v) is 6.75. The summed E-state index contributed by atoms with van der Waals surface area (Å²) in [5, 5.41) is 42.1. The minimum Gasteiger partial charge on any atom is -0.392 e. The Morgan fingerprint density at radius 1 is 0.795 bits per heavy atom. The minimum atomic E-state index is -3.54. The van der Waals surface area contributed by atoms with Gasteiger partial charge >= 0.3 is 0 Å². The van der Waals surface area contributed by atoms with Gasteiger partial charge in [0.05, 0.1) is 34.4 Å². The van der Waals surface area contributed by atoms with Gasteiger partial charge in [-0.2, -0.15) is 15.2 Å². The van der Waals surface area contributed by atoms with Gasteiger partial charge in [0, 0.05) is 31.2 Å². The summed E-state index contributed by atoms with van der Waals surface area (Å²) >= 11 is 1.49. The van der Waals surface area contributed by atoms with E-state index in [-0.39, 0.29) is 11.7 Å². The third kappa shape index (κ3) is 7.41. The number of hydrogen-bond donors (Lipinski definition) is 6. The van der Waals surface area contributed by atoms with Crippen LogP contribution in [0.4, 0.5) is 11.6 Å².